The minimum absolute atomic E-state index is 0.0267. The first-order valence-corrected chi connectivity index (χ1v) is 10.6. The Bertz CT molecular complexity index is 1400. The van der Waals surface area contributed by atoms with Gasteiger partial charge >= 0.3 is 0 Å². The Hall–Kier alpha value is -3.63. The Morgan fingerprint density at radius 1 is 0.767 bits per heavy atom. The number of nitrogens with one attached hydrogen (secondary N) is 1. The van der Waals surface area contributed by atoms with E-state index in [1.165, 1.54) is 22.5 Å². The van der Waals surface area contributed by atoms with Gasteiger partial charge in [-0.05, 0) is 29.2 Å². The zero-order valence-electron chi connectivity index (χ0n) is 16.3. The smallest absolute Gasteiger partial charge is 0.260 e. The van der Waals surface area contributed by atoms with E-state index < -0.39 is 0 Å². The van der Waals surface area contributed by atoms with Gasteiger partial charge in [0.05, 0.1) is 10.9 Å². The highest BCUT2D eigenvalue weighted by atomic mass is 32.1. The van der Waals surface area contributed by atoms with E-state index in [9.17, 15) is 9.90 Å². The Kier molecular flexibility index (Phi) is 4.49. The fraction of sp³-hybridized carbons (Fsp3) is 0.0385. The van der Waals surface area contributed by atoms with Crippen LogP contribution in [0.5, 0.6) is 5.75 Å². The molecule has 0 aliphatic heterocycles. The second-order valence-electron chi connectivity index (χ2n) is 7.34. The van der Waals surface area contributed by atoms with Crippen LogP contribution < -0.4 is 5.56 Å². The van der Waals surface area contributed by atoms with Gasteiger partial charge in [-0.25, -0.2) is 0 Å². The maximum absolute atomic E-state index is 12.6. The van der Waals surface area contributed by atoms with Crippen LogP contribution in [0.15, 0.2) is 89.0 Å². The summed E-state index contributed by atoms with van der Waals surface area (Å²) >= 11 is 1.43. The van der Waals surface area contributed by atoms with Crippen LogP contribution in [0.2, 0.25) is 0 Å². The van der Waals surface area contributed by atoms with Gasteiger partial charge in [0.25, 0.3) is 5.56 Å². The highest BCUT2D eigenvalue weighted by molar-refractivity contribution is 7.17. The molecule has 0 amide bonds. The molecule has 0 fully saturated rings. The second-order valence-corrected chi connectivity index (χ2v) is 8.22. The van der Waals surface area contributed by atoms with Gasteiger partial charge in [-0.1, -0.05) is 84.4 Å². The number of aryl methyl sites for hydroxylation is 1. The van der Waals surface area contributed by atoms with Crippen LogP contribution in [0.25, 0.3) is 43.6 Å². The number of benzene rings is 3. The molecule has 2 heterocycles. The van der Waals surface area contributed by atoms with Crippen molar-refractivity contribution >= 4 is 21.6 Å². The Labute approximate surface area is 177 Å². The van der Waals surface area contributed by atoms with Gasteiger partial charge in [0.15, 0.2) is 0 Å². The third-order valence-electron chi connectivity index (χ3n) is 5.36. The molecule has 3 aromatic carbocycles. The van der Waals surface area contributed by atoms with E-state index >= 15 is 0 Å². The number of pyridine rings is 1. The molecule has 2 aromatic heterocycles. The molecule has 5 aromatic rings. The van der Waals surface area contributed by atoms with Crippen LogP contribution in [0.3, 0.4) is 0 Å². The summed E-state index contributed by atoms with van der Waals surface area (Å²) in [6.45, 7) is 2.08. The first kappa shape index (κ1) is 18.4. The van der Waals surface area contributed by atoms with Crippen molar-refractivity contribution in [1.82, 2.24) is 4.98 Å². The van der Waals surface area contributed by atoms with Gasteiger partial charge in [-0.2, -0.15) is 0 Å². The molecule has 0 saturated heterocycles. The molecule has 0 atom stereocenters. The minimum atomic E-state index is -0.283. The molecule has 0 spiro atoms. The SMILES string of the molecule is Cc1ccc(-c2ccc(-c3csc4[nH]c(=O)c(-c5ccccc5)c(O)c34)cc2)cc1. The van der Waals surface area contributed by atoms with Gasteiger partial charge in [-0.3, -0.25) is 4.79 Å². The van der Waals surface area contributed by atoms with Gasteiger partial charge < -0.3 is 10.1 Å². The number of aromatic hydroxyl groups is 1. The van der Waals surface area contributed by atoms with E-state index in [0.717, 1.165) is 16.7 Å². The van der Waals surface area contributed by atoms with Crippen molar-refractivity contribution in [3.05, 3.63) is 100 Å². The fourth-order valence-electron chi connectivity index (χ4n) is 3.76. The Balaban J connectivity index is 1.63. The number of hydrogen-bond acceptors (Lipinski definition) is 3. The van der Waals surface area contributed by atoms with Crippen molar-refractivity contribution in [1.29, 1.82) is 0 Å². The molecule has 5 rings (SSSR count). The van der Waals surface area contributed by atoms with Crippen LogP contribution in [0.4, 0.5) is 0 Å². The van der Waals surface area contributed by atoms with Crippen LogP contribution in [-0.4, -0.2) is 10.1 Å². The van der Waals surface area contributed by atoms with Gasteiger partial charge in [0.2, 0.25) is 0 Å². The van der Waals surface area contributed by atoms with E-state index in [2.05, 4.69) is 60.4 Å². The molecule has 2 N–H and O–H groups in total. The number of aromatic amines is 1. The summed E-state index contributed by atoms with van der Waals surface area (Å²) in [4.78, 5) is 16.2. The van der Waals surface area contributed by atoms with Crippen molar-refractivity contribution in [2.75, 3.05) is 0 Å². The Morgan fingerprint density at radius 3 is 2.03 bits per heavy atom. The van der Waals surface area contributed by atoms with Crippen molar-refractivity contribution < 1.29 is 5.11 Å². The van der Waals surface area contributed by atoms with Crippen molar-refractivity contribution in [2.24, 2.45) is 0 Å². The van der Waals surface area contributed by atoms with Crippen LogP contribution in [0, 0.1) is 6.92 Å². The number of aromatic nitrogens is 1. The van der Waals surface area contributed by atoms with Gasteiger partial charge in [0, 0.05) is 10.9 Å². The Morgan fingerprint density at radius 2 is 1.37 bits per heavy atom. The van der Waals surface area contributed by atoms with Crippen LogP contribution >= 0.6 is 11.3 Å². The maximum Gasteiger partial charge on any atom is 0.260 e. The summed E-state index contributed by atoms with van der Waals surface area (Å²) in [5.41, 5.74) is 6.17. The molecule has 4 heteroatoms. The molecule has 0 saturated carbocycles. The average Bonchev–Trinajstić information content (AvgIpc) is 3.19. The third kappa shape index (κ3) is 3.11. The molecule has 0 unspecified atom stereocenters. The second kappa shape index (κ2) is 7.32. The summed E-state index contributed by atoms with van der Waals surface area (Å²) in [7, 11) is 0. The lowest BCUT2D eigenvalue weighted by molar-refractivity contribution is 0.483. The first-order valence-electron chi connectivity index (χ1n) is 9.71. The highest BCUT2D eigenvalue weighted by Gasteiger charge is 2.18. The molecule has 0 aliphatic rings. The third-order valence-corrected chi connectivity index (χ3v) is 6.26. The fourth-order valence-corrected chi connectivity index (χ4v) is 4.72. The normalized spacial score (nSPS) is 11.1. The van der Waals surface area contributed by atoms with Crippen molar-refractivity contribution in [3.63, 3.8) is 0 Å². The predicted molar refractivity (Wildman–Crippen MR) is 125 cm³/mol. The van der Waals surface area contributed by atoms with Gasteiger partial charge in [0.1, 0.15) is 10.6 Å². The van der Waals surface area contributed by atoms with E-state index in [1.54, 1.807) is 0 Å². The van der Waals surface area contributed by atoms with E-state index in [-0.39, 0.29) is 11.3 Å². The van der Waals surface area contributed by atoms with E-state index in [0.29, 0.717) is 21.3 Å². The minimum Gasteiger partial charge on any atom is -0.506 e. The zero-order chi connectivity index (χ0) is 20.7. The summed E-state index contributed by atoms with van der Waals surface area (Å²) in [6.07, 6.45) is 0. The summed E-state index contributed by atoms with van der Waals surface area (Å²) in [6, 6.07) is 26.0. The predicted octanol–water partition coefficient (Wildman–Crippen LogP) is 6.60. The monoisotopic (exact) mass is 409 g/mol. The number of H-pyrrole nitrogens is 1. The number of hydrogen-bond donors (Lipinski definition) is 2. The summed E-state index contributed by atoms with van der Waals surface area (Å²) in [5.74, 6) is 0.0267. The molecule has 146 valence electrons. The van der Waals surface area contributed by atoms with E-state index in [4.69, 9.17) is 0 Å². The zero-order valence-corrected chi connectivity index (χ0v) is 17.2. The largest absolute Gasteiger partial charge is 0.506 e. The number of thiophene rings is 1. The molecule has 0 radical (unpaired) electrons. The molecular formula is C26H19NO2S. The molecular weight excluding hydrogens is 390 g/mol. The first-order chi connectivity index (χ1) is 14.6. The van der Waals surface area contributed by atoms with Crippen molar-refractivity contribution in [2.45, 2.75) is 6.92 Å². The maximum atomic E-state index is 12.6. The lowest BCUT2D eigenvalue weighted by Crippen LogP contribution is -2.08. The van der Waals surface area contributed by atoms with Crippen LogP contribution in [-0.2, 0) is 0 Å². The molecule has 3 nitrogen and oxygen atoms in total. The van der Waals surface area contributed by atoms with Crippen LogP contribution in [0.1, 0.15) is 5.56 Å². The summed E-state index contributed by atoms with van der Waals surface area (Å²) < 4.78 is 0. The molecule has 0 aliphatic carbocycles. The van der Waals surface area contributed by atoms with E-state index in [1.807, 2.05) is 35.7 Å². The topological polar surface area (TPSA) is 53.1 Å². The van der Waals surface area contributed by atoms with Crippen molar-refractivity contribution in [3.8, 4) is 39.1 Å². The highest BCUT2D eigenvalue weighted by Crippen LogP contribution is 2.41. The molecule has 30 heavy (non-hydrogen) atoms. The standard InChI is InChI=1S/C26H19NO2S/c1-16-7-9-17(10-8-16)18-11-13-19(14-12-18)21-15-30-26-23(21)24(28)22(25(29)27-26)20-5-3-2-4-6-20/h2-15H,1H3,(H2,27,28,29). The lowest BCUT2D eigenvalue weighted by atomic mass is 9.98. The lowest BCUT2D eigenvalue weighted by Gasteiger charge is -2.08. The molecule has 0 bridgehead atoms. The van der Waals surface area contributed by atoms with Gasteiger partial charge in [-0.15, -0.1) is 11.3 Å². The number of fused-ring (bicyclic) bond motifs is 1. The summed E-state index contributed by atoms with van der Waals surface area (Å²) in [5, 5.41) is 13.7. The number of rotatable bonds is 3. The average molecular weight is 410 g/mol. The quantitative estimate of drug-likeness (QED) is 0.352.